The molecule has 0 amide bonds. The first-order chi connectivity index (χ1) is 5.07. The van der Waals surface area contributed by atoms with Gasteiger partial charge in [-0.3, -0.25) is 4.79 Å². The van der Waals surface area contributed by atoms with Crippen molar-refractivity contribution in [1.29, 1.82) is 0 Å². The maximum Gasteiger partial charge on any atom is 0.320 e. The van der Waals surface area contributed by atoms with Gasteiger partial charge in [-0.05, 0) is 13.3 Å². The highest BCUT2D eigenvalue weighted by molar-refractivity contribution is 5.72. The van der Waals surface area contributed by atoms with Crippen LogP contribution >= 0.6 is 0 Å². The molecule has 11 heavy (non-hydrogen) atoms. The Morgan fingerprint density at radius 3 is 2.64 bits per heavy atom. The highest BCUT2D eigenvalue weighted by Gasteiger charge is 2.08. The monoisotopic (exact) mass is 157 g/mol. The van der Waals surface area contributed by atoms with Gasteiger partial charge in [0.1, 0.15) is 6.04 Å². The fourth-order valence-corrected chi connectivity index (χ4v) is 0.510. The molecular weight excluding hydrogens is 142 g/mol. The summed E-state index contributed by atoms with van der Waals surface area (Å²) < 4.78 is 0. The summed E-state index contributed by atoms with van der Waals surface area (Å²) in [6.07, 6.45) is 0.888. The van der Waals surface area contributed by atoms with E-state index >= 15 is 0 Å². The average Bonchev–Trinajstić information content (AvgIpc) is 1.99. The van der Waals surface area contributed by atoms with Crippen LogP contribution in [0.1, 0.15) is 20.3 Å². The van der Waals surface area contributed by atoms with Crippen molar-refractivity contribution in [1.82, 2.24) is 5.32 Å². The second-order valence-corrected chi connectivity index (χ2v) is 2.54. The topological polar surface area (TPSA) is 49.3 Å². The Kier molecular flexibility index (Phi) is 4.54. The largest absolute Gasteiger partial charge is 0.480 e. The Morgan fingerprint density at radius 1 is 1.73 bits per heavy atom. The molecule has 1 atom stereocenters. The van der Waals surface area contributed by atoms with Gasteiger partial charge in [0.25, 0.3) is 0 Å². The highest BCUT2D eigenvalue weighted by Crippen LogP contribution is 1.93. The van der Waals surface area contributed by atoms with E-state index in [2.05, 4.69) is 11.9 Å². The molecule has 0 radical (unpaired) electrons. The minimum absolute atomic E-state index is 0.488. The van der Waals surface area contributed by atoms with Gasteiger partial charge in [-0.25, -0.2) is 0 Å². The third-order valence-corrected chi connectivity index (χ3v) is 1.53. The molecule has 0 saturated carbocycles. The summed E-state index contributed by atoms with van der Waals surface area (Å²) in [5.41, 5.74) is 1.03. The standard InChI is InChI=1S/C8H15NO2/c1-4-6(2)5-9-7(3)8(10)11/h7,9H,2,4-5H2,1,3H3,(H,10,11). The van der Waals surface area contributed by atoms with E-state index in [-0.39, 0.29) is 0 Å². The third-order valence-electron chi connectivity index (χ3n) is 1.53. The molecule has 3 nitrogen and oxygen atoms in total. The van der Waals surface area contributed by atoms with Crippen LogP contribution in [0.4, 0.5) is 0 Å². The van der Waals surface area contributed by atoms with Crippen molar-refractivity contribution in [3.8, 4) is 0 Å². The van der Waals surface area contributed by atoms with E-state index in [1.54, 1.807) is 6.92 Å². The van der Waals surface area contributed by atoms with Gasteiger partial charge in [-0.15, -0.1) is 0 Å². The summed E-state index contributed by atoms with van der Waals surface area (Å²) in [5, 5.41) is 11.3. The van der Waals surface area contributed by atoms with Crippen LogP contribution < -0.4 is 5.32 Å². The summed E-state index contributed by atoms with van der Waals surface area (Å²) in [7, 11) is 0. The predicted octanol–water partition coefficient (Wildman–Crippen LogP) is 1.02. The van der Waals surface area contributed by atoms with Crippen molar-refractivity contribution in [2.45, 2.75) is 26.3 Å². The molecular formula is C8H15NO2. The number of carbonyl (C=O) groups is 1. The van der Waals surface area contributed by atoms with Crippen LogP contribution in [-0.4, -0.2) is 23.7 Å². The number of hydrogen-bond donors (Lipinski definition) is 2. The lowest BCUT2D eigenvalue weighted by atomic mass is 10.2. The third kappa shape index (κ3) is 4.56. The van der Waals surface area contributed by atoms with Crippen molar-refractivity contribution in [2.24, 2.45) is 0 Å². The van der Waals surface area contributed by atoms with Crippen LogP contribution in [0, 0.1) is 0 Å². The summed E-state index contributed by atoms with van der Waals surface area (Å²) in [4.78, 5) is 10.3. The Bertz CT molecular complexity index is 154. The van der Waals surface area contributed by atoms with E-state index in [1.165, 1.54) is 0 Å². The molecule has 0 aliphatic rings. The van der Waals surface area contributed by atoms with Crippen molar-refractivity contribution in [3.63, 3.8) is 0 Å². The first kappa shape index (κ1) is 10.2. The molecule has 2 N–H and O–H groups in total. The zero-order valence-electron chi connectivity index (χ0n) is 7.05. The van der Waals surface area contributed by atoms with Gasteiger partial charge in [0, 0.05) is 6.54 Å². The molecule has 0 rings (SSSR count). The van der Waals surface area contributed by atoms with Crippen LogP contribution in [0.5, 0.6) is 0 Å². The second-order valence-electron chi connectivity index (χ2n) is 2.54. The van der Waals surface area contributed by atoms with Crippen LogP contribution in [0.2, 0.25) is 0 Å². The SMILES string of the molecule is C=C(CC)CNC(C)C(=O)O. The quantitative estimate of drug-likeness (QED) is 0.586. The molecule has 3 heteroatoms. The predicted molar refractivity (Wildman–Crippen MR) is 44.5 cm³/mol. The molecule has 0 aromatic carbocycles. The Balaban J connectivity index is 3.54. The van der Waals surface area contributed by atoms with Gasteiger partial charge in [-0.1, -0.05) is 19.1 Å². The summed E-state index contributed by atoms with van der Waals surface area (Å²) in [5.74, 6) is -0.825. The second kappa shape index (κ2) is 4.91. The summed E-state index contributed by atoms with van der Waals surface area (Å²) in [6, 6.07) is -0.488. The highest BCUT2D eigenvalue weighted by atomic mass is 16.4. The van der Waals surface area contributed by atoms with Crippen molar-refractivity contribution < 1.29 is 9.90 Å². The number of carboxylic acids is 1. The molecule has 64 valence electrons. The zero-order valence-corrected chi connectivity index (χ0v) is 7.05. The van der Waals surface area contributed by atoms with Gasteiger partial charge in [0.15, 0.2) is 0 Å². The van der Waals surface area contributed by atoms with Crippen LogP contribution in [0.25, 0.3) is 0 Å². The van der Waals surface area contributed by atoms with Crippen molar-refractivity contribution in [2.75, 3.05) is 6.54 Å². The lowest BCUT2D eigenvalue weighted by Gasteiger charge is -2.08. The molecule has 0 aromatic heterocycles. The van der Waals surface area contributed by atoms with Crippen LogP contribution in [0.15, 0.2) is 12.2 Å². The van der Waals surface area contributed by atoms with Gasteiger partial charge in [-0.2, -0.15) is 0 Å². The normalized spacial score (nSPS) is 12.5. The Labute approximate surface area is 67.1 Å². The van der Waals surface area contributed by atoms with Gasteiger partial charge < -0.3 is 10.4 Å². The van der Waals surface area contributed by atoms with E-state index in [0.717, 1.165) is 12.0 Å². The molecule has 0 aliphatic heterocycles. The smallest absolute Gasteiger partial charge is 0.320 e. The average molecular weight is 157 g/mol. The molecule has 1 unspecified atom stereocenters. The van der Waals surface area contributed by atoms with Crippen LogP contribution in [-0.2, 0) is 4.79 Å². The number of carboxylic acid groups (broad SMARTS) is 1. The summed E-state index contributed by atoms with van der Waals surface area (Å²) >= 11 is 0. The van der Waals surface area contributed by atoms with E-state index in [9.17, 15) is 4.79 Å². The van der Waals surface area contributed by atoms with E-state index < -0.39 is 12.0 Å². The number of hydrogen-bond acceptors (Lipinski definition) is 2. The van der Waals surface area contributed by atoms with E-state index in [0.29, 0.717) is 6.54 Å². The van der Waals surface area contributed by atoms with E-state index in [1.807, 2.05) is 6.92 Å². The lowest BCUT2D eigenvalue weighted by molar-refractivity contribution is -0.138. The van der Waals surface area contributed by atoms with E-state index in [4.69, 9.17) is 5.11 Å². The number of aliphatic carboxylic acids is 1. The molecule has 0 spiro atoms. The maximum absolute atomic E-state index is 10.3. The summed E-state index contributed by atoms with van der Waals surface area (Å²) in [6.45, 7) is 7.95. The van der Waals surface area contributed by atoms with Crippen LogP contribution in [0.3, 0.4) is 0 Å². The zero-order chi connectivity index (χ0) is 8.85. The number of nitrogens with one attached hydrogen (secondary N) is 1. The maximum atomic E-state index is 10.3. The first-order valence-corrected chi connectivity index (χ1v) is 3.70. The fourth-order valence-electron chi connectivity index (χ4n) is 0.510. The molecule has 0 heterocycles. The minimum atomic E-state index is -0.825. The number of rotatable bonds is 5. The minimum Gasteiger partial charge on any atom is -0.480 e. The Morgan fingerprint density at radius 2 is 2.27 bits per heavy atom. The fraction of sp³-hybridized carbons (Fsp3) is 0.625. The molecule has 0 bridgehead atoms. The van der Waals surface area contributed by atoms with Crippen molar-refractivity contribution in [3.05, 3.63) is 12.2 Å². The Hall–Kier alpha value is -0.830. The molecule has 0 fully saturated rings. The molecule has 0 saturated heterocycles. The molecule has 0 aromatic rings. The molecule has 0 aliphatic carbocycles. The lowest BCUT2D eigenvalue weighted by Crippen LogP contribution is -2.34. The van der Waals surface area contributed by atoms with Gasteiger partial charge in [0.05, 0.1) is 0 Å². The van der Waals surface area contributed by atoms with Gasteiger partial charge in [0.2, 0.25) is 0 Å². The van der Waals surface area contributed by atoms with Crippen molar-refractivity contribution >= 4 is 5.97 Å². The first-order valence-electron chi connectivity index (χ1n) is 3.70. The van der Waals surface area contributed by atoms with Gasteiger partial charge >= 0.3 is 5.97 Å².